The molecule has 1 aromatic carbocycles. The van der Waals surface area contributed by atoms with Crippen molar-refractivity contribution in [2.45, 2.75) is 26.7 Å². The molecule has 0 aliphatic carbocycles. The molecule has 10 heteroatoms. The lowest BCUT2D eigenvalue weighted by Gasteiger charge is -2.27. The summed E-state index contributed by atoms with van der Waals surface area (Å²) in [6.45, 7) is 8.23. The van der Waals surface area contributed by atoms with E-state index in [0.29, 0.717) is 43.8 Å². The van der Waals surface area contributed by atoms with E-state index in [9.17, 15) is 9.59 Å². The Morgan fingerprint density at radius 3 is 2.60 bits per heavy atom. The SMILES string of the molecule is Cc1[nH]c2ccc(NC(=O)c3cc(NCC(=O)N4CCCC4)nc(N4CCOCC4)n3)cc2c1C. The van der Waals surface area contributed by atoms with Gasteiger partial charge in [0.15, 0.2) is 0 Å². The van der Waals surface area contributed by atoms with Crippen LogP contribution in [0.15, 0.2) is 24.3 Å². The van der Waals surface area contributed by atoms with Gasteiger partial charge >= 0.3 is 0 Å². The molecule has 2 aliphatic rings. The van der Waals surface area contributed by atoms with Crippen LogP contribution in [0.2, 0.25) is 0 Å². The molecule has 184 valence electrons. The Morgan fingerprint density at radius 1 is 1.06 bits per heavy atom. The molecule has 2 saturated heterocycles. The van der Waals surface area contributed by atoms with E-state index in [2.05, 4.69) is 32.5 Å². The van der Waals surface area contributed by atoms with Crippen LogP contribution in [0.4, 0.5) is 17.5 Å². The summed E-state index contributed by atoms with van der Waals surface area (Å²) in [6.07, 6.45) is 2.08. The summed E-state index contributed by atoms with van der Waals surface area (Å²) in [7, 11) is 0. The smallest absolute Gasteiger partial charge is 0.274 e. The second-order valence-corrected chi connectivity index (χ2v) is 9.07. The number of nitrogens with one attached hydrogen (secondary N) is 3. The topological polar surface area (TPSA) is 115 Å². The van der Waals surface area contributed by atoms with Crippen LogP contribution in [0.3, 0.4) is 0 Å². The predicted octanol–water partition coefficient (Wildman–Crippen LogP) is 2.70. The highest BCUT2D eigenvalue weighted by Crippen LogP contribution is 2.25. The van der Waals surface area contributed by atoms with Crippen molar-refractivity contribution in [2.75, 3.05) is 61.5 Å². The van der Waals surface area contributed by atoms with E-state index in [1.54, 1.807) is 6.07 Å². The van der Waals surface area contributed by atoms with Crippen LogP contribution in [0.5, 0.6) is 0 Å². The minimum absolute atomic E-state index is 0.0329. The second kappa shape index (κ2) is 9.91. The maximum absolute atomic E-state index is 13.2. The van der Waals surface area contributed by atoms with Crippen LogP contribution in [-0.2, 0) is 9.53 Å². The number of benzene rings is 1. The number of H-pyrrole nitrogens is 1. The maximum atomic E-state index is 13.2. The number of carbonyl (C=O) groups is 2. The number of aromatic nitrogens is 3. The lowest BCUT2D eigenvalue weighted by molar-refractivity contribution is -0.128. The number of anilines is 3. The third-order valence-electron chi connectivity index (χ3n) is 6.69. The number of fused-ring (bicyclic) bond motifs is 1. The van der Waals surface area contributed by atoms with Crippen molar-refractivity contribution in [2.24, 2.45) is 0 Å². The molecule has 3 aromatic rings. The predicted molar refractivity (Wildman–Crippen MR) is 135 cm³/mol. The summed E-state index contributed by atoms with van der Waals surface area (Å²) in [4.78, 5) is 42.1. The molecule has 2 aromatic heterocycles. The number of hydrogen-bond donors (Lipinski definition) is 3. The average molecular weight is 478 g/mol. The van der Waals surface area contributed by atoms with Gasteiger partial charge in [0.2, 0.25) is 11.9 Å². The monoisotopic (exact) mass is 477 g/mol. The summed E-state index contributed by atoms with van der Waals surface area (Å²) in [5.41, 5.74) is 4.22. The molecule has 2 aliphatic heterocycles. The van der Waals surface area contributed by atoms with Crippen LogP contribution >= 0.6 is 0 Å². The van der Waals surface area contributed by atoms with Crippen molar-refractivity contribution in [1.29, 1.82) is 0 Å². The van der Waals surface area contributed by atoms with Gasteiger partial charge in [-0.05, 0) is 50.5 Å². The normalized spacial score (nSPS) is 16.1. The van der Waals surface area contributed by atoms with Gasteiger partial charge in [-0.25, -0.2) is 4.98 Å². The van der Waals surface area contributed by atoms with Gasteiger partial charge < -0.3 is 30.2 Å². The number of ether oxygens (including phenoxy) is 1. The summed E-state index contributed by atoms with van der Waals surface area (Å²) in [5.74, 6) is 0.599. The zero-order valence-corrected chi connectivity index (χ0v) is 20.2. The molecule has 0 radical (unpaired) electrons. The standard InChI is InChI=1S/C25H31N7O3/c1-16-17(2)27-20-6-5-18(13-19(16)20)28-24(34)21-14-22(26-15-23(33)31-7-3-4-8-31)30-25(29-21)32-9-11-35-12-10-32/h5-6,13-14,27H,3-4,7-12,15H2,1-2H3,(H,28,34)(H,26,29,30). The fraction of sp³-hybridized carbons (Fsp3) is 0.440. The van der Waals surface area contributed by atoms with Crippen molar-refractivity contribution in [3.8, 4) is 0 Å². The molecule has 0 spiro atoms. The minimum Gasteiger partial charge on any atom is -0.378 e. The van der Waals surface area contributed by atoms with E-state index in [-0.39, 0.29) is 24.1 Å². The third-order valence-corrected chi connectivity index (χ3v) is 6.69. The summed E-state index contributed by atoms with van der Waals surface area (Å²) in [5, 5.41) is 7.14. The van der Waals surface area contributed by atoms with Crippen molar-refractivity contribution < 1.29 is 14.3 Å². The lowest BCUT2D eigenvalue weighted by Crippen LogP contribution is -2.38. The number of nitrogens with zero attached hydrogens (tertiary/aromatic N) is 4. The summed E-state index contributed by atoms with van der Waals surface area (Å²) >= 11 is 0. The first-order valence-electron chi connectivity index (χ1n) is 12.1. The van der Waals surface area contributed by atoms with Gasteiger partial charge in [-0.15, -0.1) is 0 Å². The lowest BCUT2D eigenvalue weighted by atomic mass is 10.1. The number of rotatable bonds is 6. The van der Waals surface area contributed by atoms with Crippen LogP contribution in [-0.4, -0.2) is 77.6 Å². The fourth-order valence-electron chi connectivity index (χ4n) is 4.52. The second-order valence-electron chi connectivity index (χ2n) is 9.07. The van der Waals surface area contributed by atoms with Crippen LogP contribution < -0.4 is 15.5 Å². The van der Waals surface area contributed by atoms with Crippen LogP contribution in [0.1, 0.15) is 34.6 Å². The van der Waals surface area contributed by atoms with E-state index in [1.807, 2.05) is 34.9 Å². The molecule has 2 fully saturated rings. The molecule has 3 N–H and O–H groups in total. The number of likely N-dealkylation sites (tertiary alicyclic amines) is 1. The van der Waals surface area contributed by atoms with Gasteiger partial charge in [0.05, 0.1) is 19.8 Å². The van der Waals surface area contributed by atoms with Gasteiger partial charge in [-0.1, -0.05) is 0 Å². The van der Waals surface area contributed by atoms with E-state index >= 15 is 0 Å². The van der Waals surface area contributed by atoms with Crippen LogP contribution in [0.25, 0.3) is 10.9 Å². The molecule has 10 nitrogen and oxygen atoms in total. The quantitative estimate of drug-likeness (QED) is 0.500. The summed E-state index contributed by atoms with van der Waals surface area (Å²) in [6, 6.07) is 7.39. The number of aromatic amines is 1. The van der Waals surface area contributed by atoms with Crippen molar-refractivity contribution in [3.63, 3.8) is 0 Å². The molecular weight excluding hydrogens is 446 g/mol. The molecule has 0 bridgehead atoms. The van der Waals surface area contributed by atoms with E-state index < -0.39 is 0 Å². The molecule has 0 atom stereocenters. The first-order chi connectivity index (χ1) is 17.0. The molecule has 0 saturated carbocycles. The number of morpholine rings is 1. The minimum atomic E-state index is -0.333. The molecule has 5 rings (SSSR count). The van der Waals surface area contributed by atoms with Gasteiger partial charge in [0.25, 0.3) is 5.91 Å². The van der Waals surface area contributed by atoms with Crippen LogP contribution in [0, 0.1) is 13.8 Å². The fourth-order valence-corrected chi connectivity index (χ4v) is 4.52. The molecule has 4 heterocycles. The number of hydrogen-bond acceptors (Lipinski definition) is 7. The largest absolute Gasteiger partial charge is 0.378 e. The Labute approximate surface area is 204 Å². The highest BCUT2D eigenvalue weighted by atomic mass is 16.5. The zero-order valence-electron chi connectivity index (χ0n) is 20.2. The first-order valence-corrected chi connectivity index (χ1v) is 12.1. The molecular formula is C25H31N7O3. The highest BCUT2D eigenvalue weighted by Gasteiger charge is 2.21. The van der Waals surface area contributed by atoms with Gasteiger partial charge in [0, 0.05) is 54.5 Å². The van der Waals surface area contributed by atoms with Crippen molar-refractivity contribution >= 4 is 40.2 Å². The van der Waals surface area contributed by atoms with Gasteiger partial charge in [-0.3, -0.25) is 9.59 Å². The van der Waals surface area contributed by atoms with Gasteiger partial charge in [0.1, 0.15) is 11.5 Å². The molecule has 2 amide bonds. The molecule has 0 unspecified atom stereocenters. The van der Waals surface area contributed by atoms with E-state index in [1.165, 1.54) is 0 Å². The van der Waals surface area contributed by atoms with E-state index in [4.69, 9.17) is 4.74 Å². The zero-order chi connectivity index (χ0) is 24.4. The number of carbonyl (C=O) groups excluding carboxylic acids is 2. The molecule has 35 heavy (non-hydrogen) atoms. The highest BCUT2D eigenvalue weighted by molar-refractivity contribution is 6.04. The maximum Gasteiger partial charge on any atom is 0.274 e. The Bertz CT molecular complexity index is 1240. The number of aryl methyl sites for hydroxylation is 2. The Kier molecular flexibility index (Phi) is 6.54. The first kappa shape index (κ1) is 23.1. The Balaban J connectivity index is 1.37. The third kappa shape index (κ3) is 5.07. The Morgan fingerprint density at radius 2 is 1.83 bits per heavy atom. The van der Waals surface area contributed by atoms with E-state index in [0.717, 1.165) is 48.1 Å². The number of amides is 2. The van der Waals surface area contributed by atoms with Gasteiger partial charge in [-0.2, -0.15) is 4.98 Å². The average Bonchev–Trinajstić information content (AvgIpc) is 3.52. The Hall–Kier alpha value is -3.66. The van der Waals surface area contributed by atoms with Crippen molar-refractivity contribution in [3.05, 3.63) is 41.2 Å². The van der Waals surface area contributed by atoms with Crippen molar-refractivity contribution in [1.82, 2.24) is 19.9 Å². The summed E-state index contributed by atoms with van der Waals surface area (Å²) < 4.78 is 5.45.